The number of amides is 2. The predicted octanol–water partition coefficient (Wildman–Crippen LogP) is 2.41. The molecule has 0 unspecified atom stereocenters. The molecule has 2 amide bonds. The zero-order chi connectivity index (χ0) is 20.9. The van der Waals surface area contributed by atoms with Crippen molar-refractivity contribution in [1.82, 2.24) is 10.0 Å². The first kappa shape index (κ1) is 21.8. The van der Waals surface area contributed by atoms with Gasteiger partial charge >= 0.3 is 0 Å². The van der Waals surface area contributed by atoms with Crippen LogP contribution in [0.2, 0.25) is 0 Å². The van der Waals surface area contributed by atoms with Gasteiger partial charge < -0.3 is 10.1 Å². The highest BCUT2D eigenvalue weighted by atomic mass is 79.9. The maximum absolute atomic E-state index is 12.4. The molecule has 0 saturated carbocycles. The standard InChI is InChI=1S/C17H16BrN3O5S2/c1-10(22)21-28(24,25)13-6-4-12(5-7-13)19-17(27)20-16(23)14-9-11(18)3-8-15(14)26-2/h3-9H,1-2H3,(H,21,22)(H2,19,20,23,27). The number of thiocarbonyl (C=S) groups is 1. The van der Waals surface area contributed by atoms with Crippen LogP contribution in [-0.4, -0.2) is 32.5 Å². The minimum Gasteiger partial charge on any atom is -0.496 e. The molecule has 28 heavy (non-hydrogen) atoms. The Kier molecular flexibility index (Phi) is 7.11. The quantitative estimate of drug-likeness (QED) is 0.557. The lowest BCUT2D eigenvalue weighted by molar-refractivity contribution is -0.117. The molecular formula is C17H16BrN3O5S2. The van der Waals surface area contributed by atoms with Gasteiger partial charge in [-0.2, -0.15) is 0 Å². The van der Waals surface area contributed by atoms with Crippen molar-refractivity contribution in [2.75, 3.05) is 12.4 Å². The van der Waals surface area contributed by atoms with Gasteiger partial charge in [-0.3, -0.25) is 14.9 Å². The van der Waals surface area contributed by atoms with Gasteiger partial charge in [0.1, 0.15) is 5.75 Å². The van der Waals surface area contributed by atoms with Crippen molar-refractivity contribution in [1.29, 1.82) is 0 Å². The molecule has 0 bridgehead atoms. The molecule has 148 valence electrons. The fourth-order valence-corrected chi connectivity index (χ4v) is 3.72. The van der Waals surface area contributed by atoms with Gasteiger partial charge in [0.2, 0.25) is 5.91 Å². The smallest absolute Gasteiger partial charge is 0.264 e. The first-order valence-electron chi connectivity index (χ1n) is 7.71. The lowest BCUT2D eigenvalue weighted by Crippen LogP contribution is -2.34. The third kappa shape index (κ3) is 5.75. The molecule has 0 aliphatic carbocycles. The van der Waals surface area contributed by atoms with E-state index in [1.165, 1.54) is 31.4 Å². The van der Waals surface area contributed by atoms with Crippen LogP contribution in [0.25, 0.3) is 0 Å². The SMILES string of the molecule is COc1ccc(Br)cc1C(=O)NC(=S)Nc1ccc(S(=O)(=O)NC(C)=O)cc1. The molecular weight excluding hydrogens is 470 g/mol. The number of hydrogen-bond donors (Lipinski definition) is 3. The van der Waals surface area contributed by atoms with Gasteiger partial charge in [0.25, 0.3) is 15.9 Å². The normalized spacial score (nSPS) is 10.7. The summed E-state index contributed by atoms with van der Waals surface area (Å²) in [6.07, 6.45) is 0. The zero-order valence-electron chi connectivity index (χ0n) is 14.8. The summed E-state index contributed by atoms with van der Waals surface area (Å²) in [4.78, 5) is 23.3. The van der Waals surface area contributed by atoms with Crippen LogP contribution < -0.4 is 20.1 Å². The molecule has 3 N–H and O–H groups in total. The van der Waals surface area contributed by atoms with Crippen LogP contribution in [0, 0.1) is 0 Å². The lowest BCUT2D eigenvalue weighted by Gasteiger charge is -2.12. The second kappa shape index (κ2) is 9.13. The number of nitrogens with one attached hydrogen (secondary N) is 3. The number of carbonyl (C=O) groups is 2. The number of methoxy groups -OCH3 is 1. The van der Waals surface area contributed by atoms with E-state index in [1.807, 2.05) is 4.72 Å². The fourth-order valence-electron chi connectivity index (χ4n) is 2.16. The number of halogens is 1. The van der Waals surface area contributed by atoms with Crippen LogP contribution in [0.15, 0.2) is 51.8 Å². The molecule has 0 heterocycles. The summed E-state index contributed by atoms with van der Waals surface area (Å²) in [5.74, 6) is -0.773. The van der Waals surface area contributed by atoms with Crippen molar-refractivity contribution in [3.05, 3.63) is 52.5 Å². The largest absolute Gasteiger partial charge is 0.496 e. The van der Waals surface area contributed by atoms with Crippen LogP contribution in [0.4, 0.5) is 5.69 Å². The molecule has 2 rings (SSSR count). The van der Waals surface area contributed by atoms with Crippen molar-refractivity contribution < 1.29 is 22.7 Å². The summed E-state index contributed by atoms with van der Waals surface area (Å²) >= 11 is 8.41. The second-order valence-electron chi connectivity index (χ2n) is 5.44. The highest BCUT2D eigenvalue weighted by Crippen LogP contribution is 2.23. The monoisotopic (exact) mass is 485 g/mol. The summed E-state index contributed by atoms with van der Waals surface area (Å²) in [6.45, 7) is 1.11. The van der Waals surface area contributed by atoms with Crippen LogP contribution in [0.5, 0.6) is 5.75 Å². The number of anilines is 1. The third-order valence-corrected chi connectivity index (χ3v) is 5.48. The molecule has 0 aromatic heterocycles. The highest BCUT2D eigenvalue weighted by molar-refractivity contribution is 9.10. The molecule has 8 nitrogen and oxygen atoms in total. The number of hydrogen-bond acceptors (Lipinski definition) is 6. The minimum absolute atomic E-state index is 0.0181. The summed E-state index contributed by atoms with van der Waals surface area (Å²) in [7, 11) is -2.47. The van der Waals surface area contributed by atoms with Crippen molar-refractivity contribution >= 4 is 60.8 Å². The number of carbonyl (C=O) groups excluding carboxylic acids is 2. The van der Waals surface area contributed by atoms with Gasteiger partial charge in [0, 0.05) is 17.1 Å². The molecule has 2 aromatic carbocycles. The van der Waals surface area contributed by atoms with E-state index in [9.17, 15) is 18.0 Å². The summed E-state index contributed by atoms with van der Waals surface area (Å²) in [6, 6.07) is 10.5. The van der Waals surface area contributed by atoms with Gasteiger partial charge in [0.15, 0.2) is 5.11 Å². The van der Waals surface area contributed by atoms with E-state index in [1.54, 1.807) is 18.2 Å². The Morgan fingerprint density at radius 1 is 1.11 bits per heavy atom. The van der Waals surface area contributed by atoms with Crippen molar-refractivity contribution in [2.45, 2.75) is 11.8 Å². The summed E-state index contributed by atoms with van der Waals surface area (Å²) < 4.78 is 31.6. The van der Waals surface area contributed by atoms with Crippen molar-refractivity contribution in [3.63, 3.8) is 0 Å². The Morgan fingerprint density at radius 2 is 1.75 bits per heavy atom. The molecule has 0 fully saturated rings. The Balaban J connectivity index is 2.06. The molecule has 0 spiro atoms. The van der Waals surface area contributed by atoms with Crippen molar-refractivity contribution in [2.24, 2.45) is 0 Å². The first-order chi connectivity index (χ1) is 13.1. The number of ether oxygens (including phenoxy) is 1. The average Bonchev–Trinajstić information content (AvgIpc) is 2.61. The molecule has 0 aliphatic rings. The number of sulfonamides is 1. The molecule has 0 atom stereocenters. The molecule has 0 saturated heterocycles. The lowest BCUT2D eigenvalue weighted by atomic mass is 10.2. The van der Waals surface area contributed by atoms with Crippen LogP contribution in [0.3, 0.4) is 0 Å². The van der Waals surface area contributed by atoms with Crippen LogP contribution in [-0.2, 0) is 14.8 Å². The average molecular weight is 486 g/mol. The minimum atomic E-state index is -3.92. The zero-order valence-corrected chi connectivity index (χ0v) is 18.0. The Hall–Kier alpha value is -2.50. The van der Waals surface area contributed by atoms with E-state index >= 15 is 0 Å². The Labute approximate surface area is 175 Å². The molecule has 11 heteroatoms. The molecule has 0 radical (unpaired) electrons. The summed E-state index contributed by atoms with van der Waals surface area (Å²) in [5, 5.41) is 5.32. The van der Waals surface area contributed by atoms with Gasteiger partial charge in [-0.05, 0) is 54.7 Å². The molecule has 2 aromatic rings. The van der Waals surface area contributed by atoms with Gasteiger partial charge in [-0.25, -0.2) is 13.1 Å². The fraction of sp³-hybridized carbons (Fsp3) is 0.118. The van der Waals surface area contributed by atoms with E-state index in [0.717, 1.165) is 6.92 Å². The van der Waals surface area contributed by atoms with E-state index in [0.29, 0.717) is 15.9 Å². The summed E-state index contributed by atoms with van der Waals surface area (Å²) in [5.41, 5.74) is 0.742. The van der Waals surface area contributed by atoms with E-state index in [-0.39, 0.29) is 15.6 Å². The highest BCUT2D eigenvalue weighted by Gasteiger charge is 2.16. The van der Waals surface area contributed by atoms with Gasteiger partial charge in [0.05, 0.1) is 17.6 Å². The van der Waals surface area contributed by atoms with Crippen molar-refractivity contribution in [3.8, 4) is 5.75 Å². The number of benzene rings is 2. The molecule has 0 aliphatic heterocycles. The first-order valence-corrected chi connectivity index (χ1v) is 10.4. The van der Waals surface area contributed by atoms with Gasteiger partial charge in [-0.15, -0.1) is 0 Å². The van der Waals surface area contributed by atoms with E-state index in [2.05, 4.69) is 26.6 Å². The second-order valence-corrected chi connectivity index (χ2v) is 8.45. The van der Waals surface area contributed by atoms with Crippen LogP contribution in [0.1, 0.15) is 17.3 Å². The Morgan fingerprint density at radius 3 is 2.32 bits per heavy atom. The maximum atomic E-state index is 12.4. The van der Waals surface area contributed by atoms with E-state index < -0.39 is 21.8 Å². The van der Waals surface area contributed by atoms with Crippen LogP contribution >= 0.6 is 28.1 Å². The topological polar surface area (TPSA) is 114 Å². The number of rotatable bonds is 5. The van der Waals surface area contributed by atoms with Gasteiger partial charge in [-0.1, -0.05) is 15.9 Å². The predicted molar refractivity (Wildman–Crippen MR) is 112 cm³/mol. The third-order valence-electron chi connectivity index (χ3n) is 3.33. The van der Waals surface area contributed by atoms with E-state index in [4.69, 9.17) is 17.0 Å². The Bertz CT molecular complexity index is 1020. The maximum Gasteiger partial charge on any atom is 0.264 e.